The van der Waals surface area contributed by atoms with E-state index >= 15 is 0 Å². The Morgan fingerprint density at radius 3 is 3.12 bits per heavy atom. The maximum atomic E-state index is 4.98. The first-order valence-electron chi connectivity index (χ1n) is 5.37. The summed E-state index contributed by atoms with van der Waals surface area (Å²) in [7, 11) is 0. The molecule has 6 heteroatoms. The molecule has 0 fully saturated rings. The summed E-state index contributed by atoms with van der Waals surface area (Å²) in [5, 5.41) is 11.0. The first-order valence-corrected chi connectivity index (χ1v) is 5.37. The van der Waals surface area contributed by atoms with Crippen LogP contribution in [-0.2, 0) is 19.6 Å². The summed E-state index contributed by atoms with van der Waals surface area (Å²) in [4.78, 5) is 4.20. The average molecular weight is 221 g/mol. The maximum absolute atomic E-state index is 4.98. The van der Waals surface area contributed by atoms with E-state index in [0.717, 1.165) is 24.6 Å². The van der Waals surface area contributed by atoms with Gasteiger partial charge < -0.3 is 9.84 Å². The Labute approximate surface area is 93.7 Å². The summed E-state index contributed by atoms with van der Waals surface area (Å²) < 4.78 is 6.89. The molecule has 2 aromatic rings. The lowest BCUT2D eigenvalue weighted by Gasteiger charge is -2.04. The Balaban J connectivity index is 1.82. The summed E-state index contributed by atoms with van der Waals surface area (Å²) in [5.74, 6) is 1.77. The fourth-order valence-corrected chi connectivity index (χ4v) is 1.45. The molecule has 6 nitrogen and oxygen atoms in total. The van der Waals surface area contributed by atoms with Gasteiger partial charge in [0.25, 0.3) is 0 Å². The molecule has 1 N–H and O–H groups in total. The van der Waals surface area contributed by atoms with Crippen molar-refractivity contribution in [2.24, 2.45) is 0 Å². The van der Waals surface area contributed by atoms with Gasteiger partial charge in [0.15, 0.2) is 0 Å². The van der Waals surface area contributed by atoms with Crippen molar-refractivity contribution < 1.29 is 4.52 Å². The van der Waals surface area contributed by atoms with Gasteiger partial charge in [-0.3, -0.25) is 0 Å². The van der Waals surface area contributed by atoms with Crippen LogP contribution in [0.2, 0.25) is 0 Å². The van der Waals surface area contributed by atoms with Crippen molar-refractivity contribution >= 4 is 0 Å². The summed E-state index contributed by atoms with van der Waals surface area (Å²) in [6, 6.07) is 1.84. The van der Waals surface area contributed by atoms with Crippen molar-refractivity contribution in [2.75, 3.05) is 0 Å². The van der Waals surface area contributed by atoms with Gasteiger partial charge in [0.05, 0.1) is 19.3 Å². The number of hydrogen-bond acceptors (Lipinski definition) is 5. The second-order valence-electron chi connectivity index (χ2n) is 3.48. The predicted molar refractivity (Wildman–Crippen MR) is 57.4 cm³/mol. The first kappa shape index (κ1) is 10.8. The fraction of sp³-hybridized carbons (Fsp3) is 0.500. The smallest absolute Gasteiger partial charge is 0.150 e. The van der Waals surface area contributed by atoms with Gasteiger partial charge in [-0.2, -0.15) is 5.10 Å². The minimum atomic E-state index is 0.652. The molecule has 2 heterocycles. The molecular formula is C10H15N5O. The Morgan fingerprint density at radius 1 is 1.44 bits per heavy atom. The fourth-order valence-electron chi connectivity index (χ4n) is 1.45. The molecule has 0 aliphatic carbocycles. The molecular weight excluding hydrogens is 206 g/mol. The summed E-state index contributed by atoms with van der Waals surface area (Å²) in [6.07, 6.45) is 4.27. The van der Waals surface area contributed by atoms with E-state index in [1.165, 1.54) is 0 Å². The molecule has 16 heavy (non-hydrogen) atoms. The van der Waals surface area contributed by atoms with Gasteiger partial charge in [0.2, 0.25) is 0 Å². The summed E-state index contributed by atoms with van der Waals surface area (Å²) >= 11 is 0. The maximum Gasteiger partial charge on any atom is 0.150 e. The topological polar surface area (TPSA) is 68.8 Å². The van der Waals surface area contributed by atoms with E-state index in [0.29, 0.717) is 13.1 Å². The molecule has 0 radical (unpaired) electrons. The van der Waals surface area contributed by atoms with Crippen molar-refractivity contribution in [3.05, 3.63) is 30.2 Å². The predicted octanol–water partition coefficient (Wildman–Crippen LogP) is 0.966. The van der Waals surface area contributed by atoms with Crippen LogP contribution < -0.4 is 5.32 Å². The number of aromatic nitrogens is 4. The Hall–Kier alpha value is -1.69. The Kier molecular flexibility index (Phi) is 3.66. The molecule has 0 unspecified atom stereocenters. The van der Waals surface area contributed by atoms with Gasteiger partial charge in [-0.15, -0.1) is 0 Å². The third-order valence-corrected chi connectivity index (χ3v) is 2.20. The van der Waals surface area contributed by atoms with Crippen LogP contribution in [0, 0.1) is 0 Å². The van der Waals surface area contributed by atoms with Gasteiger partial charge in [-0.25, -0.2) is 9.67 Å². The normalized spacial score (nSPS) is 10.8. The van der Waals surface area contributed by atoms with Gasteiger partial charge in [0.1, 0.15) is 17.9 Å². The van der Waals surface area contributed by atoms with Gasteiger partial charge in [-0.05, 0) is 6.42 Å². The molecule has 0 saturated heterocycles. The van der Waals surface area contributed by atoms with E-state index in [9.17, 15) is 0 Å². The average Bonchev–Trinajstić information content (AvgIpc) is 2.91. The monoisotopic (exact) mass is 221 g/mol. The number of aryl methyl sites for hydroxylation is 1. The lowest BCUT2D eigenvalue weighted by Crippen LogP contribution is -2.17. The van der Waals surface area contributed by atoms with Crippen LogP contribution in [0.1, 0.15) is 24.9 Å². The number of nitrogens with one attached hydrogen (secondary N) is 1. The van der Waals surface area contributed by atoms with Crippen LogP contribution in [0.25, 0.3) is 0 Å². The molecule has 2 aromatic heterocycles. The highest BCUT2D eigenvalue weighted by molar-refractivity contribution is 4.93. The molecule has 0 bridgehead atoms. The number of nitrogens with zero attached hydrogens (tertiary/aromatic N) is 4. The van der Waals surface area contributed by atoms with Crippen LogP contribution in [0.4, 0.5) is 0 Å². The van der Waals surface area contributed by atoms with Crippen LogP contribution in [0.15, 0.2) is 23.1 Å². The first-order chi connectivity index (χ1) is 7.90. The zero-order chi connectivity index (χ0) is 11.2. The summed E-state index contributed by atoms with van der Waals surface area (Å²) in [5.41, 5.74) is 0. The Bertz CT molecular complexity index is 409. The van der Waals surface area contributed by atoms with E-state index in [1.54, 1.807) is 12.5 Å². The second-order valence-corrected chi connectivity index (χ2v) is 3.48. The van der Waals surface area contributed by atoms with Crippen LogP contribution in [-0.4, -0.2) is 19.9 Å². The van der Waals surface area contributed by atoms with Crippen molar-refractivity contribution in [3.63, 3.8) is 0 Å². The highest BCUT2D eigenvalue weighted by Crippen LogP contribution is 1.98. The summed E-state index contributed by atoms with van der Waals surface area (Å²) in [6.45, 7) is 4.35. The zero-order valence-corrected chi connectivity index (χ0v) is 9.26. The molecule has 0 atom stereocenters. The minimum Gasteiger partial charge on any atom is -0.360 e. The molecule has 0 amide bonds. The van der Waals surface area contributed by atoms with Crippen molar-refractivity contribution in [1.82, 2.24) is 25.2 Å². The van der Waals surface area contributed by atoms with Crippen molar-refractivity contribution in [3.8, 4) is 0 Å². The van der Waals surface area contributed by atoms with E-state index in [4.69, 9.17) is 4.52 Å². The van der Waals surface area contributed by atoms with E-state index in [-0.39, 0.29) is 0 Å². The van der Waals surface area contributed by atoms with E-state index < -0.39 is 0 Å². The van der Waals surface area contributed by atoms with Crippen LogP contribution in [0.3, 0.4) is 0 Å². The highest BCUT2D eigenvalue weighted by atomic mass is 16.5. The number of hydrogen-bond donors (Lipinski definition) is 1. The van der Waals surface area contributed by atoms with Crippen molar-refractivity contribution in [2.45, 2.75) is 33.0 Å². The molecule has 2 rings (SSSR count). The van der Waals surface area contributed by atoms with E-state index in [2.05, 4.69) is 27.5 Å². The third-order valence-electron chi connectivity index (χ3n) is 2.20. The molecule has 0 saturated carbocycles. The van der Waals surface area contributed by atoms with Gasteiger partial charge >= 0.3 is 0 Å². The zero-order valence-electron chi connectivity index (χ0n) is 9.26. The van der Waals surface area contributed by atoms with E-state index in [1.807, 2.05) is 10.7 Å². The second kappa shape index (κ2) is 5.41. The highest BCUT2D eigenvalue weighted by Gasteiger charge is 2.03. The Morgan fingerprint density at radius 2 is 2.38 bits per heavy atom. The van der Waals surface area contributed by atoms with Gasteiger partial charge in [-0.1, -0.05) is 12.1 Å². The van der Waals surface area contributed by atoms with Crippen LogP contribution in [0.5, 0.6) is 0 Å². The molecule has 0 aromatic carbocycles. The molecule has 0 spiro atoms. The molecule has 0 aliphatic heterocycles. The molecule has 86 valence electrons. The van der Waals surface area contributed by atoms with Gasteiger partial charge in [0, 0.05) is 12.6 Å². The lowest BCUT2D eigenvalue weighted by atomic mass is 10.4. The third kappa shape index (κ3) is 2.66. The van der Waals surface area contributed by atoms with Crippen LogP contribution >= 0.6 is 0 Å². The minimum absolute atomic E-state index is 0.652. The quantitative estimate of drug-likeness (QED) is 0.787. The largest absolute Gasteiger partial charge is 0.360 e. The number of rotatable bonds is 6. The van der Waals surface area contributed by atoms with Crippen molar-refractivity contribution in [1.29, 1.82) is 0 Å². The standard InChI is InChI=1S/C10H15N5O/c1-2-5-15-10(12-8-13-15)7-11-6-9-3-4-14-16-9/h3-4,8,11H,2,5-7H2,1H3. The lowest BCUT2D eigenvalue weighted by molar-refractivity contribution is 0.371. The SMILES string of the molecule is CCCn1ncnc1CNCc1ccno1. The molecule has 0 aliphatic rings.